The summed E-state index contributed by atoms with van der Waals surface area (Å²) in [6.07, 6.45) is 12.6. The van der Waals surface area contributed by atoms with Crippen molar-refractivity contribution in [3.05, 3.63) is 42.2 Å². The van der Waals surface area contributed by atoms with Gasteiger partial charge in [0.1, 0.15) is 6.10 Å². The number of hydrogen-bond donors (Lipinski definition) is 0. The number of nitrogens with zero attached hydrogens (tertiary/aromatic N) is 2. The molecule has 1 aromatic heterocycles. The number of amides is 1. The molecule has 1 aromatic rings. The molecule has 2 heterocycles. The minimum Gasteiger partial charge on any atom is -0.374 e. The number of hydrogen-bond acceptors (Lipinski definition) is 4. The number of pyridine rings is 1. The van der Waals surface area contributed by atoms with E-state index in [1.807, 2.05) is 12.1 Å². The second-order valence-electron chi connectivity index (χ2n) is 7.96. The molecule has 140 valence electrons. The van der Waals surface area contributed by atoms with E-state index in [2.05, 4.69) is 29.0 Å². The van der Waals surface area contributed by atoms with E-state index >= 15 is 0 Å². The molecule has 0 spiro atoms. The van der Waals surface area contributed by atoms with Crippen molar-refractivity contribution < 1.29 is 14.3 Å². The van der Waals surface area contributed by atoms with E-state index in [1.165, 1.54) is 0 Å². The van der Waals surface area contributed by atoms with Gasteiger partial charge in [-0.25, -0.2) is 0 Å². The first-order chi connectivity index (χ1) is 12.7. The van der Waals surface area contributed by atoms with Crippen molar-refractivity contribution in [2.24, 2.45) is 5.41 Å². The van der Waals surface area contributed by atoms with Gasteiger partial charge in [-0.3, -0.25) is 9.78 Å². The van der Waals surface area contributed by atoms with Gasteiger partial charge in [0.25, 0.3) is 0 Å². The van der Waals surface area contributed by atoms with Crippen molar-refractivity contribution in [1.82, 2.24) is 9.88 Å². The van der Waals surface area contributed by atoms with Crippen LogP contribution >= 0.6 is 0 Å². The van der Waals surface area contributed by atoms with E-state index in [9.17, 15) is 4.79 Å². The smallest absolute Gasteiger partial charge is 0.229 e. The molecule has 1 saturated heterocycles. The van der Waals surface area contributed by atoms with Gasteiger partial charge < -0.3 is 14.4 Å². The van der Waals surface area contributed by atoms with Gasteiger partial charge in [-0.15, -0.1) is 0 Å². The molecule has 5 nitrogen and oxygen atoms in total. The summed E-state index contributed by atoms with van der Waals surface area (Å²) >= 11 is 0. The topological polar surface area (TPSA) is 51.7 Å². The lowest BCUT2D eigenvalue weighted by atomic mass is 9.77. The third kappa shape index (κ3) is 3.42. The van der Waals surface area contributed by atoms with Crippen LogP contribution < -0.4 is 0 Å². The Morgan fingerprint density at radius 3 is 2.96 bits per heavy atom. The van der Waals surface area contributed by atoms with Crippen molar-refractivity contribution in [3.8, 4) is 0 Å². The van der Waals surface area contributed by atoms with Crippen molar-refractivity contribution in [1.29, 1.82) is 0 Å². The molecule has 4 rings (SSSR count). The van der Waals surface area contributed by atoms with E-state index in [1.54, 1.807) is 12.4 Å². The van der Waals surface area contributed by atoms with Crippen LogP contribution in [0.5, 0.6) is 0 Å². The number of fused-ring (bicyclic) bond motifs is 2. The van der Waals surface area contributed by atoms with Crippen LogP contribution in [0.4, 0.5) is 0 Å². The first-order valence-corrected chi connectivity index (χ1v) is 9.75. The van der Waals surface area contributed by atoms with Gasteiger partial charge in [-0.05, 0) is 49.8 Å². The Bertz CT molecular complexity index is 662. The molecule has 26 heavy (non-hydrogen) atoms. The third-order valence-electron chi connectivity index (χ3n) is 6.12. The standard InChI is InChI=1S/C21H28N2O3/c1-21(9-3-2-4-10-21)20(24)23-13-14-25-18-6-5-17(23)19(18)26-15-16-7-11-22-12-8-16/h2-3,7-8,11-12,17-19H,4-6,9-10,13-15H2,1H3. The Hall–Kier alpha value is -1.72. The van der Waals surface area contributed by atoms with Crippen molar-refractivity contribution in [2.45, 2.75) is 63.9 Å². The first-order valence-electron chi connectivity index (χ1n) is 9.75. The highest BCUT2D eigenvalue weighted by molar-refractivity contribution is 5.83. The fraction of sp³-hybridized carbons (Fsp3) is 0.619. The molecule has 5 heteroatoms. The van der Waals surface area contributed by atoms with E-state index in [-0.39, 0.29) is 29.6 Å². The van der Waals surface area contributed by atoms with Gasteiger partial charge in [-0.1, -0.05) is 19.1 Å². The Kier molecular flexibility index (Phi) is 5.09. The van der Waals surface area contributed by atoms with Crippen LogP contribution in [0.3, 0.4) is 0 Å². The Labute approximate surface area is 155 Å². The van der Waals surface area contributed by atoms with E-state index in [0.29, 0.717) is 19.8 Å². The van der Waals surface area contributed by atoms with Crippen molar-refractivity contribution in [3.63, 3.8) is 0 Å². The van der Waals surface area contributed by atoms with Gasteiger partial charge in [0.05, 0.1) is 30.8 Å². The summed E-state index contributed by atoms with van der Waals surface area (Å²) in [6.45, 7) is 3.93. The summed E-state index contributed by atoms with van der Waals surface area (Å²) in [5.74, 6) is 0.274. The highest BCUT2D eigenvalue weighted by atomic mass is 16.5. The molecule has 1 aliphatic heterocycles. The summed E-state index contributed by atoms with van der Waals surface area (Å²) in [5, 5.41) is 0. The van der Waals surface area contributed by atoms with Crippen LogP contribution in [0, 0.1) is 5.41 Å². The summed E-state index contributed by atoms with van der Waals surface area (Å²) < 4.78 is 12.3. The van der Waals surface area contributed by atoms with E-state index < -0.39 is 0 Å². The maximum absolute atomic E-state index is 13.4. The summed E-state index contributed by atoms with van der Waals surface area (Å²) in [6, 6.07) is 4.06. The molecular formula is C21H28N2O3. The Balaban J connectivity index is 1.49. The number of carbonyl (C=O) groups excluding carboxylic acids is 1. The molecule has 1 saturated carbocycles. The largest absolute Gasteiger partial charge is 0.374 e. The minimum atomic E-state index is -0.285. The summed E-state index contributed by atoms with van der Waals surface area (Å²) in [7, 11) is 0. The summed E-state index contributed by atoms with van der Waals surface area (Å²) in [5.41, 5.74) is 0.818. The molecule has 3 aliphatic rings. The molecule has 2 fully saturated rings. The van der Waals surface area contributed by atoms with Crippen LogP contribution in [0.15, 0.2) is 36.7 Å². The molecule has 0 aromatic carbocycles. The third-order valence-corrected chi connectivity index (χ3v) is 6.12. The zero-order chi connectivity index (χ0) is 18.0. The molecule has 4 atom stereocenters. The van der Waals surface area contributed by atoms with Crippen LogP contribution in [0.25, 0.3) is 0 Å². The minimum absolute atomic E-state index is 0.0441. The van der Waals surface area contributed by atoms with Gasteiger partial charge in [-0.2, -0.15) is 0 Å². The van der Waals surface area contributed by atoms with Gasteiger partial charge in [0, 0.05) is 18.9 Å². The second kappa shape index (κ2) is 7.49. The summed E-state index contributed by atoms with van der Waals surface area (Å²) in [4.78, 5) is 19.5. The molecule has 2 bridgehead atoms. The number of ether oxygens (including phenoxy) is 2. The molecule has 0 radical (unpaired) electrons. The van der Waals surface area contributed by atoms with Crippen molar-refractivity contribution >= 4 is 5.91 Å². The zero-order valence-corrected chi connectivity index (χ0v) is 15.5. The van der Waals surface area contributed by atoms with Crippen molar-refractivity contribution in [2.75, 3.05) is 13.2 Å². The molecule has 0 N–H and O–H groups in total. The average Bonchev–Trinajstić information content (AvgIpc) is 2.96. The Morgan fingerprint density at radius 1 is 1.35 bits per heavy atom. The highest BCUT2D eigenvalue weighted by Crippen LogP contribution is 2.39. The predicted octanol–water partition coefficient (Wildman–Crippen LogP) is 3.10. The van der Waals surface area contributed by atoms with Crippen LogP contribution in [0.1, 0.15) is 44.6 Å². The first kappa shape index (κ1) is 17.7. The number of carbonyl (C=O) groups is 1. The Morgan fingerprint density at radius 2 is 2.19 bits per heavy atom. The monoisotopic (exact) mass is 356 g/mol. The van der Waals surface area contributed by atoms with Gasteiger partial charge in [0.15, 0.2) is 0 Å². The lowest BCUT2D eigenvalue weighted by Gasteiger charge is -2.39. The van der Waals surface area contributed by atoms with Crippen LogP contribution in [0.2, 0.25) is 0 Å². The predicted molar refractivity (Wildman–Crippen MR) is 98.4 cm³/mol. The normalized spacial score (nSPS) is 33.9. The fourth-order valence-electron chi connectivity index (χ4n) is 4.54. The SMILES string of the molecule is CC1(C(=O)N2CCOC3CCC2C3OCc2ccncc2)CC=CCC1. The zero-order valence-electron chi connectivity index (χ0n) is 15.5. The van der Waals surface area contributed by atoms with Crippen LogP contribution in [-0.2, 0) is 20.9 Å². The highest BCUT2D eigenvalue weighted by Gasteiger charge is 2.48. The molecule has 1 amide bonds. The number of allylic oxidation sites excluding steroid dienone is 2. The maximum Gasteiger partial charge on any atom is 0.229 e. The molecule has 2 aliphatic carbocycles. The van der Waals surface area contributed by atoms with Gasteiger partial charge in [0.2, 0.25) is 5.91 Å². The quantitative estimate of drug-likeness (QED) is 0.778. The maximum atomic E-state index is 13.4. The number of rotatable bonds is 4. The fourth-order valence-corrected chi connectivity index (χ4v) is 4.54. The van der Waals surface area contributed by atoms with Gasteiger partial charge >= 0.3 is 0 Å². The lowest BCUT2D eigenvalue weighted by Crippen LogP contribution is -2.51. The molecular weight excluding hydrogens is 328 g/mol. The van der Waals surface area contributed by atoms with Crippen LogP contribution in [-0.4, -0.2) is 47.2 Å². The average molecular weight is 356 g/mol. The van der Waals surface area contributed by atoms with E-state index in [0.717, 1.165) is 37.7 Å². The molecule has 4 unspecified atom stereocenters. The van der Waals surface area contributed by atoms with E-state index in [4.69, 9.17) is 9.47 Å². The lowest BCUT2D eigenvalue weighted by molar-refractivity contribution is -0.146. The second-order valence-corrected chi connectivity index (χ2v) is 7.96. The number of aromatic nitrogens is 1.